The van der Waals surface area contributed by atoms with Crippen LogP contribution in [0.25, 0.3) is 0 Å². The highest BCUT2D eigenvalue weighted by molar-refractivity contribution is 5.94. The van der Waals surface area contributed by atoms with Gasteiger partial charge >= 0.3 is 0 Å². The molecule has 0 unspecified atom stereocenters. The Labute approximate surface area is 120 Å². The van der Waals surface area contributed by atoms with Crippen molar-refractivity contribution in [1.29, 1.82) is 0 Å². The van der Waals surface area contributed by atoms with Crippen LogP contribution in [-0.4, -0.2) is 24.2 Å². The summed E-state index contributed by atoms with van der Waals surface area (Å²) in [4.78, 5) is 12.1. The minimum atomic E-state index is -0.0253. The van der Waals surface area contributed by atoms with Gasteiger partial charge in [0.2, 0.25) is 0 Å². The third kappa shape index (κ3) is 4.40. The highest BCUT2D eigenvalue weighted by Gasteiger charge is 2.16. The molecule has 0 atom stereocenters. The number of aliphatic hydroxyl groups excluding tert-OH is 1. The zero-order chi connectivity index (χ0) is 14.2. The number of rotatable bonds is 4. The Hall–Kier alpha value is -1.79. The van der Waals surface area contributed by atoms with E-state index in [2.05, 4.69) is 17.2 Å². The molecule has 0 aromatic heterocycles. The van der Waals surface area contributed by atoms with Crippen molar-refractivity contribution in [3.63, 3.8) is 0 Å². The normalized spacial score (nSPS) is 14.7. The van der Waals surface area contributed by atoms with Gasteiger partial charge in [0.25, 0.3) is 5.91 Å². The maximum Gasteiger partial charge on any atom is 0.251 e. The molecule has 1 amide bonds. The first-order valence-corrected chi connectivity index (χ1v) is 7.27. The van der Waals surface area contributed by atoms with Crippen LogP contribution in [0.5, 0.6) is 0 Å². The summed E-state index contributed by atoms with van der Waals surface area (Å²) in [6.45, 7) is 0.841. The van der Waals surface area contributed by atoms with Gasteiger partial charge in [0.05, 0.1) is 6.61 Å². The Bertz CT molecular complexity index is 507. The second kappa shape index (κ2) is 7.72. The van der Waals surface area contributed by atoms with E-state index in [1.54, 1.807) is 12.1 Å². The molecule has 0 aliphatic heterocycles. The number of hydrogen-bond donors (Lipinski definition) is 2. The Morgan fingerprint density at radius 1 is 1.35 bits per heavy atom. The zero-order valence-electron chi connectivity index (χ0n) is 11.7. The first kappa shape index (κ1) is 14.6. The molecule has 20 heavy (non-hydrogen) atoms. The average Bonchev–Trinajstić information content (AvgIpc) is 2.99. The van der Waals surface area contributed by atoms with Gasteiger partial charge in [-0.3, -0.25) is 4.79 Å². The lowest BCUT2D eigenvalue weighted by Crippen LogP contribution is -2.28. The molecule has 0 radical (unpaired) electrons. The third-order valence-corrected chi connectivity index (χ3v) is 3.62. The predicted octanol–water partition coefficient (Wildman–Crippen LogP) is 2.34. The molecule has 0 saturated heterocycles. The van der Waals surface area contributed by atoms with Gasteiger partial charge in [-0.15, -0.1) is 0 Å². The Balaban J connectivity index is 1.92. The van der Waals surface area contributed by atoms with Gasteiger partial charge in [-0.05, 0) is 37.0 Å². The van der Waals surface area contributed by atoms with Crippen molar-refractivity contribution >= 4 is 5.91 Å². The van der Waals surface area contributed by atoms with Crippen LogP contribution in [0, 0.1) is 17.8 Å². The van der Waals surface area contributed by atoms with Gasteiger partial charge in [0.1, 0.15) is 0 Å². The molecule has 106 valence electrons. The maximum atomic E-state index is 12.1. The first-order valence-electron chi connectivity index (χ1n) is 7.27. The molecular formula is C17H21NO2. The molecule has 1 aliphatic rings. The van der Waals surface area contributed by atoms with Crippen molar-refractivity contribution in [2.75, 3.05) is 13.2 Å². The van der Waals surface area contributed by atoms with Crippen LogP contribution in [0.4, 0.5) is 0 Å². The molecule has 2 N–H and O–H groups in total. The van der Waals surface area contributed by atoms with Gasteiger partial charge < -0.3 is 10.4 Å². The van der Waals surface area contributed by atoms with Crippen molar-refractivity contribution in [1.82, 2.24) is 5.32 Å². The van der Waals surface area contributed by atoms with Crippen LogP contribution in [0.3, 0.4) is 0 Å². The molecule has 0 bridgehead atoms. The van der Waals surface area contributed by atoms with Crippen LogP contribution < -0.4 is 5.32 Å². The van der Waals surface area contributed by atoms with Crippen molar-refractivity contribution in [3.8, 4) is 11.8 Å². The van der Waals surface area contributed by atoms with Crippen molar-refractivity contribution in [3.05, 3.63) is 35.4 Å². The molecule has 1 aromatic rings. The highest BCUT2D eigenvalue weighted by atomic mass is 16.2. The lowest BCUT2D eigenvalue weighted by atomic mass is 10.1. The summed E-state index contributed by atoms with van der Waals surface area (Å²) in [5.41, 5.74) is 1.46. The van der Waals surface area contributed by atoms with Gasteiger partial charge in [0, 0.05) is 24.1 Å². The topological polar surface area (TPSA) is 49.3 Å². The second-order valence-electron chi connectivity index (χ2n) is 5.22. The van der Waals surface area contributed by atoms with E-state index in [9.17, 15) is 4.79 Å². The van der Waals surface area contributed by atoms with E-state index in [0.717, 1.165) is 12.1 Å². The highest BCUT2D eigenvalue weighted by Crippen LogP contribution is 2.23. The SMILES string of the molecule is O=C(NCC1CCCC1)c1cccc(C#CCCO)c1. The summed E-state index contributed by atoms with van der Waals surface area (Å²) in [6.07, 6.45) is 5.49. The number of hydrogen-bond acceptors (Lipinski definition) is 2. The summed E-state index contributed by atoms with van der Waals surface area (Å²) >= 11 is 0. The predicted molar refractivity (Wildman–Crippen MR) is 79.3 cm³/mol. The second-order valence-corrected chi connectivity index (χ2v) is 5.22. The summed E-state index contributed by atoms with van der Waals surface area (Å²) in [7, 11) is 0. The molecule has 1 aliphatic carbocycles. The van der Waals surface area contributed by atoms with E-state index in [0.29, 0.717) is 17.9 Å². The van der Waals surface area contributed by atoms with Gasteiger partial charge in [0.15, 0.2) is 0 Å². The quantitative estimate of drug-likeness (QED) is 0.826. The van der Waals surface area contributed by atoms with Crippen LogP contribution in [-0.2, 0) is 0 Å². The summed E-state index contributed by atoms with van der Waals surface area (Å²) in [6, 6.07) is 7.32. The number of carbonyl (C=O) groups is 1. The van der Waals surface area contributed by atoms with Crippen LogP contribution >= 0.6 is 0 Å². The van der Waals surface area contributed by atoms with E-state index in [-0.39, 0.29) is 12.5 Å². The molecule has 1 fully saturated rings. The number of benzene rings is 1. The standard InChI is InChI=1S/C17H21NO2/c19-11-4-3-6-14-9-5-10-16(12-14)17(20)18-13-15-7-1-2-8-15/h5,9-10,12,15,19H,1-2,4,7-8,11,13H2,(H,18,20). The summed E-state index contributed by atoms with van der Waals surface area (Å²) in [5, 5.41) is 11.7. The number of nitrogens with one attached hydrogen (secondary N) is 1. The fraction of sp³-hybridized carbons (Fsp3) is 0.471. The Kier molecular flexibility index (Phi) is 5.64. The number of amides is 1. The van der Waals surface area contributed by atoms with E-state index in [4.69, 9.17) is 5.11 Å². The van der Waals surface area contributed by atoms with Gasteiger partial charge in [-0.1, -0.05) is 30.7 Å². The number of aliphatic hydroxyl groups is 1. The van der Waals surface area contributed by atoms with Crippen molar-refractivity contribution in [2.45, 2.75) is 32.1 Å². The monoisotopic (exact) mass is 271 g/mol. The lowest BCUT2D eigenvalue weighted by Gasteiger charge is -2.10. The largest absolute Gasteiger partial charge is 0.395 e. The van der Waals surface area contributed by atoms with E-state index < -0.39 is 0 Å². The fourth-order valence-electron chi connectivity index (χ4n) is 2.51. The van der Waals surface area contributed by atoms with Crippen molar-refractivity contribution < 1.29 is 9.90 Å². The van der Waals surface area contributed by atoms with E-state index >= 15 is 0 Å². The minimum absolute atomic E-state index is 0.0253. The van der Waals surface area contributed by atoms with Crippen LogP contribution in [0.2, 0.25) is 0 Å². The van der Waals surface area contributed by atoms with E-state index in [1.807, 2.05) is 12.1 Å². The summed E-state index contributed by atoms with van der Waals surface area (Å²) in [5.74, 6) is 6.43. The third-order valence-electron chi connectivity index (χ3n) is 3.62. The Morgan fingerprint density at radius 3 is 2.90 bits per heavy atom. The molecule has 1 aromatic carbocycles. The van der Waals surface area contributed by atoms with Crippen LogP contribution in [0.1, 0.15) is 48.0 Å². The molecule has 0 heterocycles. The zero-order valence-corrected chi connectivity index (χ0v) is 11.7. The molecule has 1 saturated carbocycles. The summed E-state index contributed by atoms with van der Waals surface area (Å²) < 4.78 is 0. The first-order chi connectivity index (χ1) is 9.79. The molecule has 2 rings (SSSR count). The van der Waals surface area contributed by atoms with Crippen molar-refractivity contribution in [2.24, 2.45) is 5.92 Å². The molecular weight excluding hydrogens is 250 g/mol. The minimum Gasteiger partial charge on any atom is -0.395 e. The molecule has 3 heteroatoms. The number of carbonyl (C=O) groups excluding carboxylic acids is 1. The van der Waals surface area contributed by atoms with Crippen LogP contribution in [0.15, 0.2) is 24.3 Å². The Morgan fingerprint density at radius 2 is 2.15 bits per heavy atom. The molecule has 0 spiro atoms. The average molecular weight is 271 g/mol. The molecule has 3 nitrogen and oxygen atoms in total. The van der Waals surface area contributed by atoms with Gasteiger partial charge in [-0.2, -0.15) is 0 Å². The maximum absolute atomic E-state index is 12.1. The smallest absolute Gasteiger partial charge is 0.251 e. The van der Waals surface area contributed by atoms with E-state index in [1.165, 1.54) is 25.7 Å². The fourth-order valence-corrected chi connectivity index (χ4v) is 2.51. The van der Waals surface area contributed by atoms with Gasteiger partial charge in [-0.25, -0.2) is 0 Å². The lowest BCUT2D eigenvalue weighted by molar-refractivity contribution is 0.0947.